The summed E-state index contributed by atoms with van der Waals surface area (Å²) < 4.78 is 0.794. The number of nitrogens with zero attached hydrogens (tertiary/aromatic N) is 1. The van der Waals surface area contributed by atoms with Crippen LogP contribution in [0.5, 0.6) is 23.3 Å². The van der Waals surface area contributed by atoms with Crippen molar-refractivity contribution in [2.45, 2.75) is 0 Å². The molecule has 0 saturated carbocycles. The summed E-state index contributed by atoms with van der Waals surface area (Å²) in [5.41, 5.74) is -1.42. The molecule has 27 heavy (non-hydrogen) atoms. The molecule has 140 valence electrons. The van der Waals surface area contributed by atoms with Crippen molar-refractivity contribution in [3.63, 3.8) is 0 Å². The highest BCUT2D eigenvalue weighted by molar-refractivity contribution is 6.20. The minimum Gasteiger partial charge on any atom is -0.508 e. The van der Waals surface area contributed by atoms with Gasteiger partial charge in [0.1, 0.15) is 11.5 Å². The number of hydrogen-bond donors (Lipinski definition) is 7. The maximum Gasteiger partial charge on any atom is 0.382 e. The van der Waals surface area contributed by atoms with Gasteiger partial charge in [-0.3, -0.25) is 9.68 Å². The third-order valence-corrected chi connectivity index (χ3v) is 3.74. The van der Waals surface area contributed by atoms with Crippen LogP contribution in [-0.4, -0.2) is 47.2 Å². The highest BCUT2D eigenvalue weighted by Gasteiger charge is 2.34. The average Bonchev–Trinajstić information content (AvgIpc) is 3.05. The summed E-state index contributed by atoms with van der Waals surface area (Å²) in [6.45, 7) is 0. The van der Waals surface area contributed by atoms with E-state index < -0.39 is 35.0 Å². The van der Waals surface area contributed by atoms with Gasteiger partial charge in [0.2, 0.25) is 5.88 Å². The minimum atomic E-state index is -1.48. The van der Waals surface area contributed by atoms with Crippen molar-refractivity contribution in [1.82, 2.24) is 9.88 Å². The molecule has 7 N–H and O–H groups in total. The number of carbonyl (C=O) groups is 2. The molecule has 1 aliphatic rings. The smallest absolute Gasteiger partial charge is 0.382 e. The van der Waals surface area contributed by atoms with Gasteiger partial charge in [0.15, 0.2) is 17.2 Å². The summed E-state index contributed by atoms with van der Waals surface area (Å²) in [5.74, 6) is -5.13. The van der Waals surface area contributed by atoms with Crippen LogP contribution in [-0.2, 0) is 14.5 Å². The second kappa shape index (κ2) is 6.31. The Hall–Kier alpha value is -4.12. The summed E-state index contributed by atoms with van der Waals surface area (Å²) in [7, 11) is 0. The molecule has 11 nitrogen and oxygen atoms in total. The van der Waals surface area contributed by atoms with Crippen molar-refractivity contribution in [2.24, 2.45) is 0 Å². The fourth-order valence-electron chi connectivity index (χ4n) is 2.52. The number of aromatic hydroxyl groups is 4. The largest absolute Gasteiger partial charge is 0.508 e. The molecule has 0 spiro atoms. The van der Waals surface area contributed by atoms with Crippen molar-refractivity contribution >= 4 is 18.0 Å². The van der Waals surface area contributed by atoms with Gasteiger partial charge in [-0.1, -0.05) is 0 Å². The van der Waals surface area contributed by atoms with Crippen LogP contribution in [0.15, 0.2) is 41.3 Å². The number of amides is 1. The molecule has 3 rings (SSSR count). The van der Waals surface area contributed by atoms with Crippen molar-refractivity contribution < 1.29 is 45.3 Å². The molecule has 0 aliphatic carbocycles. The molecule has 0 saturated heterocycles. The molecule has 0 bridgehead atoms. The van der Waals surface area contributed by atoms with Gasteiger partial charge in [0.05, 0.1) is 11.4 Å². The number of phenolic OH excluding ortho intramolecular Hbond substituents is 2. The SMILES string of the molecule is O=C1N/C(=C\c2cc(O)n(-c3cc(O)ccc3O)c2O)C(O)=C1C(=O)OO. The summed E-state index contributed by atoms with van der Waals surface area (Å²) in [6, 6.07) is 4.45. The van der Waals surface area contributed by atoms with Crippen molar-refractivity contribution in [1.29, 1.82) is 0 Å². The molecule has 11 heteroatoms. The fourth-order valence-corrected chi connectivity index (χ4v) is 2.52. The second-order valence-electron chi connectivity index (χ2n) is 5.40. The molecule has 2 aromatic rings. The van der Waals surface area contributed by atoms with Gasteiger partial charge in [-0.15, -0.1) is 0 Å². The Balaban J connectivity index is 2.10. The van der Waals surface area contributed by atoms with Gasteiger partial charge in [0.25, 0.3) is 5.91 Å². The Labute approximate surface area is 149 Å². The summed E-state index contributed by atoms with van der Waals surface area (Å²) >= 11 is 0. The lowest BCUT2D eigenvalue weighted by Crippen LogP contribution is -2.21. The summed E-state index contributed by atoms with van der Waals surface area (Å²) in [6.07, 6.45) is 1.02. The number of benzene rings is 1. The van der Waals surface area contributed by atoms with Crippen LogP contribution in [0.2, 0.25) is 0 Å². The fraction of sp³-hybridized carbons (Fsp3) is 0. The Bertz CT molecular complexity index is 1030. The van der Waals surface area contributed by atoms with E-state index in [2.05, 4.69) is 10.2 Å². The second-order valence-corrected chi connectivity index (χ2v) is 5.40. The van der Waals surface area contributed by atoms with Gasteiger partial charge in [0, 0.05) is 17.7 Å². The molecule has 0 fully saturated rings. The van der Waals surface area contributed by atoms with Crippen LogP contribution >= 0.6 is 0 Å². The first-order valence-corrected chi connectivity index (χ1v) is 7.23. The number of hydrogen-bond acceptors (Lipinski definition) is 9. The van der Waals surface area contributed by atoms with E-state index in [0.717, 1.165) is 28.8 Å². The Kier molecular flexibility index (Phi) is 4.14. The first-order valence-electron chi connectivity index (χ1n) is 7.23. The van der Waals surface area contributed by atoms with Crippen LogP contribution in [0.4, 0.5) is 0 Å². The zero-order valence-electron chi connectivity index (χ0n) is 13.2. The van der Waals surface area contributed by atoms with Gasteiger partial charge < -0.3 is 30.8 Å². The minimum absolute atomic E-state index is 0.115. The van der Waals surface area contributed by atoms with Crippen molar-refractivity contribution in [2.75, 3.05) is 0 Å². The van der Waals surface area contributed by atoms with Crippen molar-refractivity contribution in [3.8, 4) is 28.9 Å². The molecule has 1 aliphatic heterocycles. The number of carbonyl (C=O) groups excluding carboxylic acids is 2. The van der Waals surface area contributed by atoms with Crippen LogP contribution in [0.3, 0.4) is 0 Å². The van der Waals surface area contributed by atoms with E-state index in [1.807, 2.05) is 0 Å². The quantitative estimate of drug-likeness (QED) is 0.174. The van der Waals surface area contributed by atoms with Crippen LogP contribution < -0.4 is 5.32 Å². The van der Waals surface area contributed by atoms with Crippen molar-refractivity contribution in [3.05, 3.63) is 46.9 Å². The number of aliphatic hydroxyl groups excluding tert-OH is 1. The Morgan fingerprint density at radius 2 is 1.81 bits per heavy atom. The average molecular weight is 376 g/mol. The van der Waals surface area contributed by atoms with E-state index in [1.54, 1.807) is 0 Å². The molecule has 0 atom stereocenters. The lowest BCUT2D eigenvalue weighted by atomic mass is 10.2. The molecule has 1 aromatic carbocycles. The normalized spacial score (nSPS) is 15.3. The predicted octanol–water partition coefficient (Wildman–Crippen LogP) is 0.599. The van der Waals surface area contributed by atoms with E-state index in [9.17, 15) is 35.1 Å². The van der Waals surface area contributed by atoms with Crippen LogP contribution in [0, 0.1) is 0 Å². The van der Waals surface area contributed by atoms with Gasteiger partial charge >= 0.3 is 5.97 Å². The van der Waals surface area contributed by atoms with Gasteiger partial charge in [-0.2, -0.15) is 5.26 Å². The zero-order valence-corrected chi connectivity index (χ0v) is 13.2. The Morgan fingerprint density at radius 1 is 1.11 bits per heavy atom. The highest BCUT2D eigenvalue weighted by atomic mass is 17.1. The maximum absolute atomic E-state index is 11.7. The highest BCUT2D eigenvalue weighted by Crippen LogP contribution is 2.38. The molecule has 0 radical (unpaired) electrons. The lowest BCUT2D eigenvalue weighted by molar-refractivity contribution is -0.229. The van der Waals surface area contributed by atoms with E-state index in [1.165, 1.54) is 6.07 Å². The van der Waals surface area contributed by atoms with Gasteiger partial charge in [-0.05, 0) is 18.2 Å². The third kappa shape index (κ3) is 2.87. The van der Waals surface area contributed by atoms with E-state index in [-0.39, 0.29) is 28.4 Å². The number of nitrogens with one attached hydrogen (secondary N) is 1. The molecule has 1 aromatic heterocycles. The number of aromatic nitrogens is 1. The standard InChI is InChI=1S/C16H12N2O9/c19-7-1-2-10(20)9(5-7)18-11(21)4-6(15(18)24)3-8-13(22)12(14(23)17-8)16(25)27-26/h1-5,19-22,24,26H,(H,17,23)/b8-3-. The molecule has 2 heterocycles. The topological polar surface area (TPSA) is 182 Å². The monoisotopic (exact) mass is 376 g/mol. The third-order valence-electron chi connectivity index (χ3n) is 3.74. The zero-order chi connectivity index (χ0) is 19.9. The molecular weight excluding hydrogens is 364 g/mol. The number of rotatable bonds is 3. The Morgan fingerprint density at radius 3 is 2.48 bits per heavy atom. The van der Waals surface area contributed by atoms with Gasteiger partial charge in [-0.25, -0.2) is 9.36 Å². The molecular formula is C16H12N2O9. The van der Waals surface area contributed by atoms with Crippen LogP contribution in [0.1, 0.15) is 5.56 Å². The van der Waals surface area contributed by atoms with E-state index >= 15 is 0 Å². The predicted molar refractivity (Wildman–Crippen MR) is 86.9 cm³/mol. The molecule has 1 amide bonds. The van der Waals surface area contributed by atoms with E-state index in [4.69, 9.17) is 5.26 Å². The first-order chi connectivity index (χ1) is 12.7. The molecule has 0 unspecified atom stereocenters. The summed E-state index contributed by atoms with van der Waals surface area (Å²) in [4.78, 5) is 26.4. The van der Waals surface area contributed by atoms with Crippen LogP contribution in [0.25, 0.3) is 11.8 Å². The number of phenols is 2. The maximum atomic E-state index is 11.7. The number of aliphatic hydroxyl groups is 1. The van der Waals surface area contributed by atoms with E-state index in [0.29, 0.717) is 0 Å². The first kappa shape index (κ1) is 17.7. The summed E-state index contributed by atoms with van der Waals surface area (Å²) in [5, 5.41) is 60.2. The lowest BCUT2D eigenvalue weighted by Gasteiger charge is -2.09.